The molecular weight excluding hydrogens is 499 g/mol. The zero-order valence-corrected chi connectivity index (χ0v) is 18.7. The number of hydrogen-bond acceptors (Lipinski definition) is 5. The molecule has 0 fully saturated rings. The monoisotopic (exact) mass is 514 g/mol. The maximum atomic E-state index is 13.5. The van der Waals surface area contributed by atoms with Gasteiger partial charge in [-0.15, -0.1) is 0 Å². The number of halogens is 2. The standard InChI is InChI=1S/C19H16BrFN2O5S2/c1-28-19-12-17(10-11-18(19)21)30(26,27)23-15-6-8-16(9-7-15)29(24,25)22-14-4-2-13(20)3-5-14/h2-12,22-23H,1H3. The van der Waals surface area contributed by atoms with Gasteiger partial charge in [-0.25, -0.2) is 21.2 Å². The third-order valence-corrected chi connectivity index (χ3v) is 7.25. The summed E-state index contributed by atoms with van der Waals surface area (Å²) in [5.41, 5.74) is 0.522. The Morgan fingerprint density at radius 2 is 1.23 bits per heavy atom. The lowest BCUT2D eigenvalue weighted by Gasteiger charge is -2.11. The van der Waals surface area contributed by atoms with Gasteiger partial charge in [0.05, 0.1) is 16.9 Å². The van der Waals surface area contributed by atoms with E-state index in [1.165, 1.54) is 31.4 Å². The smallest absolute Gasteiger partial charge is 0.262 e. The largest absolute Gasteiger partial charge is 0.494 e. The van der Waals surface area contributed by atoms with Crippen LogP contribution in [0.1, 0.15) is 0 Å². The van der Waals surface area contributed by atoms with Gasteiger partial charge in [0.25, 0.3) is 20.0 Å². The number of methoxy groups -OCH3 is 1. The molecule has 158 valence electrons. The van der Waals surface area contributed by atoms with Crippen molar-refractivity contribution in [1.29, 1.82) is 0 Å². The SMILES string of the molecule is COc1cc(S(=O)(=O)Nc2ccc(S(=O)(=O)Nc3ccc(Br)cc3)cc2)ccc1F. The number of ether oxygens (including phenoxy) is 1. The first-order valence-corrected chi connectivity index (χ1v) is 12.1. The van der Waals surface area contributed by atoms with Gasteiger partial charge in [-0.1, -0.05) is 15.9 Å². The molecule has 0 unspecified atom stereocenters. The zero-order valence-electron chi connectivity index (χ0n) is 15.5. The molecule has 3 rings (SSSR count). The van der Waals surface area contributed by atoms with E-state index in [1.807, 2.05) is 0 Å². The highest BCUT2D eigenvalue weighted by molar-refractivity contribution is 9.10. The second kappa shape index (κ2) is 8.62. The molecule has 0 aliphatic carbocycles. The molecule has 0 amide bonds. The molecule has 0 aliphatic heterocycles. The van der Waals surface area contributed by atoms with Crippen LogP contribution in [0.3, 0.4) is 0 Å². The van der Waals surface area contributed by atoms with Gasteiger partial charge in [-0.2, -0.15) is 0 Å². The van der Waals surface area contributed by atoms with Gasteiger partial charge in [0.2, 0.25) is 0 Å². The van der Waals surface area contributed by atoms with Crippen molar-refractivity contribution in [3.8, 4) is 5.75 Å². The summed E-state index contributed by atoms with van der Waals surface area (Å²) in [7, 11) is -6.66. The molecule has 0 heterocycles. The van der Waals surface area contributed by atoms with Crippen molar-refractivity contribution in [2.75, 3.05) is 16.6 Å². The van der Waals surface area contributed by atoms with Crippen LogP contribution < -0.4 is 14.2 Å². The van der Waals surface area contributed by atoms with Gasteiger partial charge < -0.3 is 4.74 Å². The number of sulfonamides is 2. The van der Waals surface area contributed by atoms with E-state index >= 15 is 0 Å². The fourth-order valence-electron chi connectivity index (χ4n) is 2.46. The highest BCUT2D eigenvalue weighted by Gasteiger charge is 2.18. The molecule has 3 aromatic rings. The fraction of sp³-hybridized carbons (Fsp3) is 0.0526. The molecule has 0 radical (unpaired) electrons. The van der Waals surface area contributed by atoms with Crippen molar-refractivity contribution in [3.05, 3.63) is 77.0 Å². The van der Waals surface area contributed by atoms with E-state index in [4.69, 9.17) is 4.74 Å². The third kappa shape index (κ3) is 5.10. The maximum Gasteiger partial charge on any atom is 0.262 e. The van der Waals surface area contributed by atoms with Crippen molar-refractivity contribution < 1.29 is 26.0 Å². The van der Waals surface area contributed by atoms with E-state index in [9.17, 15) is 21.2 Å². The Morgan fingerprint density at radius 1 is 0.767 bits per heavy atom. The van der Waals surface area contributed by atoms with Crippen LogP contribution >= 0.6 is 15.9 Å². The van der Waals surface area contributed by atoms with Gasteiger partial charge in [-0.05, 0) is 60.7 Å². The van der Waals surface area contributed by atoms with Crippen molar-refractivity contribution in [2.24, 2.45) is 0 Å². The molecule has 3 aromatic carbocycles. The first-order valence-electron chi connectivity index (χ1n) is 8.35. The van der Waals surface area contributed by atoms with E-state index in [0.717, 1.165) is 22.7 Å². The van der Waals surface area contributed by atoms with Crippen molar-refractivity contribution in [3.63, 3.8) is 0 Å². The number of benzene rings is 3. The van der Waals surface area contributed by atoms with Crippen LogP contribution in [0.25, 0.3) is 0 Å². The van der Waals surface area contributed by atoms with E-state index in [1.54, 1.807) is 24.3 Å². The van der Waals surface area contributed by atoms with Gasteiger partial charge in [-0.3, -0.25) is 9.44 Å². The minimum Gasteiger partial charge on any atom is -0.494 e. The lowest BCUT2D eigenvalue weighted by molar-refractivity contribution is 0.385. The first-order chi connectivity index (χ1) is 14.1. The number of anilines is 2. The molecule has 0 atom stereocenters. The predicted molar refractivity (Wildman–Crippen MR) is 115 cm³/mol. The number of nitrogens with one attached hydrogen (secondary N) is 2. The highest BCUT2D eigenvalue weighted by atomic mass is 79.9. The summed E-state index contributed by atoms with van der Waals surface area (Å²) < 4.78 is 73.9. The molecule has 0 saturated heterocycles. The summed E-state index contributed by atoms with van der Waals surface area (Å²) in [6.45, 7) is 0. The highest BCUT2D eigenvalue weighted by Crippen LogP contribution is 2.24. The summed E-state index contributed by atoms with van der Waals surface area (Å²) in [4.78, 5) is -0.244. The Kier molecular flexibility index (Phi) is 6.34. The van der Waals surface area contributed by atoms with E-state index in [0.29, 0.717) is 5.69 Å². The second-order valence-electron chi connectivity index (χ2n) is 6.04. The van der Waals surface area contributed by atoms with Crippen LogP contribution in [0.2, 0.25) is 0 Å². The molecule has 7 nitrogen and oxygen atoms in total. The van der Waals surface area contributed by atoms with Crippen molar-refractivity contribution >= 4 is 47.4 Å². The second-order valence-corrected chi connectivity index (χ2v) is 10.3. The van der Waals surface area contributed by atoms with Gasteiger partial charge in [0.15, 0.2) is 11.6 Å². The number of rotatable bonds is 7. The molecule has 30 heavy (non-hydrogen) atoms. The lowest BCUT2D eigenvalue weighted by Crippen LogP contribution is -2.14. The zero-order chi connectivity index (χ0) is 21.9. The third-order valence-electron chi connectivity index (χ3n) is 3.95. The Balaban J connectivity index is 1.79. The van der Waals surface area contributed by atoms with Crippen LogP contribution in [-0.4, -0.2) is 23.9 Å². The Hall–Kier alpha value is -2.63. The van der Waals surface area contributed by atoms with Gasteiger partial charge >= 0.3 is 0 Å². The molecule has 0 spiro atoms. The van der Waals surface area contributed by atoms with Gasteiger partial charge in [0, 0.05) is 21.9 Å². The average molecular weight is 515 g/mol. The summed E-state index contributed by atoms with van der Waals surface area (Å²) in [6.07, 6.45) is 0. The van der Waals surface area contributed by atoms with Crippen molar-refractivity contribution in [1.82, 2.24) is 0 Å². The Labute approximate surface area is 182 Å². The van der Waals surface area contributed by atoms with Crippen LogP contribution in [-0.2, 0) is 20.0 Å². The number of hydrogen-bond donors (Lipinski definition) is 2. The maximum absolute atomic E-state index is 13.5. The van der Waals surface area contributed by atoms with E-state index in [-0.39, 0.29) is 21.2 Å². The normalized spacial score (nSPS) is 11.7. The summed E-state index contributed by atoms with van der Waals surface area (Å²) in [5.74, 6) is -0.900. The van der Waals surface area contributed by atoms with Crippen LogP contribution in [0.4, 0.5) is 15.8 Å². The molecule has 0 aromatic heterocycles. The molecule has 0 saturated carbocycles. The molecule has 0 aliphatic rings. The van der Waals surface area contributed by atoms with Crippen LogP contribution in [0, 0.1) is 5.82 Å². The molecular formula is C19H16BrFN2O5S2. The van der Waals surface area contributed by atoms with Gasteiger partial charge in [0.1, 0.15) is 0 Å². The topological polar surface area (TPSA) is 102 Å². The van der Waals surface area contributed by atoms with E-state index < -0.39 is 25.9 Å². The fourth-order valence-corrected chi connectivity index (χ4v) is 4.85. The molecule has 0 bridgehead atoms. The summed E-state index contributed by atoms with van der Waals surface area (Å²) in [6, 6.07) is 14.9. The van der Waals surface area contributed by atoms with Crippen LogP contribution in [0.5, 0.6) is 5.75 Å². The Bertz CT molecular complexity index is 1260. The minimum atomic E-state index is -4.03. The predicted octanol–water partition coefficient (Wildman–Crippen LogP) is 4.20. The van der Waals surface area contributed by atoms with Crippen LogP contribution in [0.15, 0.2) is 81.0 Å². The van der Waals surface area contributed by atoms with E-state index in [2.05, 4.69) is 25.4 Å². The minimum absolute atomic E-state index is 0.0446. The summed E-state index contributed by atoms with van der Waals surface area (Å²) >= 11 is 3.27. The Morgan fingerprint density at radius 3 is 1.77 bits per heavy atom. The summed E-state index contributed by atoms with van der Waals surface area (Å²) in [5, 5.41) is 0. The molecule has 2 N–H and O–H groups in total. The quantitative estimate of drug-likeness (QED) is 0.491. The first kappa shape index (κ1) is 22.1. The average Bonchev–Trinajstić information content (AvgIpc) is 2.70. The lowest BCUT2D eigenvalue weighted by atomic mass is 10.3. The van der Waals surface area contributed by atoms with Crippen molar-refractivity contribution in [2.45, 2.75) is 9.79 Å². The molecule has 11 heteroatoms.